The molecule has 0 bridgehead atoms. The van der Waals surface area contributed by atoms with Gasteiger partial charge in [-0.15, -0.1) is 0 Å². The molecule has 1 unspecified atom stereocenters. The Morgan fingerprint density at radius 3 is 2.89 bits per heavy atom. The SMILES string of the molecule is NCc1ccc(CN2CCN3CCCCC3C2)o1. The highest BCUT2D eigenvalue weighted by Crippen LogP contribution is 2.22. The summed E-state index contributed by atoms with van der Waals surface area (Å²) in [6.45, 7) is 6.31. The van der Waals surface area contributed by atoms with Crippen LogP contribution in [0.25, 0.3) is 0 Å². The molecule has 2 fully saturated rings. The number of piperazine rings is 1. The van der Waals surface area contributed by atoms with Gasteiger partial charge in [0.25, 0.3) is 0 Å². The molecule has 1 atom stereocenters. The van der Waals surface area contributed by atoms with Crippen LogP contribution in [-0.2, 0) is 13.1 Å². The van der Waals surface area contributed by atoms with E-state index in [0.29, 0.717) is 6.54 Å². The molecule has 0 aromatic carbocycles. The van der Waals surface area contributed by atoms with Crippen LogP contribution in [0.2, 0.25) is 0 Å². The van der Waals surface area contributed by atoms with Gasteiger partial charge < -0.3 is 10.2 Å². The third-order valence-corrected chi connectivity index (χ3v) is 4.22. The Labute approximate surface area is 109 Å². The van der Waals surface area contributed by atoms with Gasteiger partial charge in [-0.05, 0) is 31.5 Å². The van der Waals surface area contributed by atoms with Gasteiger partial charge in [0.15, 0.2) is 0 Å². The molecule has 4 nitrogen and oxygen atoms in total. The van der Waals surface area contributed by atoms with E-state index < -0.39 is 0 Å². The van der Waals surface area contributed by atoms with E-state index in [1.807, 2.05) is 6.07 Å². The average Bonchev–Trinajstić information content (AvgIpc) is 2.86. The Bertz CT molecular complexity index is 390. The first-order valence-electron chi connectivity index (χ1n) is 7.09. The van der Waals surface area contributed by atoms with Gasteiger partial charge in [-0.25, -0.2) is 0 Å². The molecular weight excluding hydrogens is 226 g/mol. The van der Waals surface area contributed by atoms with Crippen molar-refractivity contribution in [2.45, 2.75) is 38.4 Å². The van der Waals surface area contributed by atoms with Crippen molar-refractivity contribution in [1.82, 2.24) is 9.80 Å². The summed E-state index contributed by atoms with van der Waals surface area (Å²) in [4.78, 5) is 5.18. The van der Waals surface area contributed by atoms with E-state index in [0.717, 1.165) is 30.7 Å². The Morgan fingerprint density at radius 1 is 1.17 bits per heavy atom. The Morgan fingerprint density at radius 2 is 2.06 bits per heavy atom. The number of fused-ring (bicyclic) bond motifs is 1. The van der Waals surface area contributed by atoms with E-state index in [2.05, 4.69) is 15.9 Å². The Kier molecular flexibility index (Phi) is 3.68. The van der Waals surface area contributed by atoms with Gasteiger partial charge in [0.2, 0.25) is 0 Å². The lowest BCUT2D eigenvalue weighted by Gasteiger charge is -2.43. The van der Waals surface area contributed by atoms with E-state index in [4.69, 9.17) is 10.2 Å². The lowest BCUT2D eigenvalue weighted by Crippen LogP contribution is -2.54. The maximum Gasteiger partial charge on any atom is 0.118 e. The van der Waals surface area contributed by atoms with Crippen LogP contribution in [0.5, 0.6) is 0 Å². The summed E-state index contributed by atoms with van der Waals surface area (Å²) in [7, 11) is 0. The summed E-state index contributed by atoms with van der Waals surface area (Å²) in [6.07, 6.45) is 4.14. The predicted octanol–water partition coefficient (Wildman–Crippen LogP) is 1.41. The van der Waals surface area contributed by atoms with Crippen molar-refractivity contribution in [3.05, 3.63) is 23.7 Å². The Hall–Kier alpha value is -0.840. The van der Waals surface area contributed by atoms with Gasteiger partial charge in [-0.3, -0.25) is 9.80 Å². The molecule has 0 spiro atoms. The van der Waals surface area contributed by atoms with Crippen LogP contribution in [0.3, 0.4) is 0 Å². The van der Waals surface area contributed by atoms with Gasteiger partial charge in [0.05, 0.1) is 13.1 Å². The molecule has 0 amide bonds. The van der Waals surface area contributed by atoms with Crippen molar-refractivity contribution < 1.29 is 4.42 Å². The van der Waals surface area contributed by atoms with Gasteiger partial charge in [0, 0.05) is 25.7 Å². The summed E-state index contributed by atoms with van der Waals surface area (Å²) in [5.74, 6) is 1.95. The van der Waals surface area contributed by atoms with E-state index in [9.17, 15) is 0 Å². The second-order valence-electron chi connectivity index (χ2n) is 5.49. The third kappa shape index (κ3) is 2.60. The number of hydrogen-bond donors (Lipinski definition) is 1. The molecule has 2 saturated heterocycles. The lowest BCUT2D eigenvalue weighted by atomic mass is 9.99. The molecule has 0 aliphatic carbocycles. The topological polar surface area (TPSA) is 45.6 Å². The van der Waals surface area contributed by atoms with Crippen molar-refractivity contribution in [3.8, 4) is 0 Å². The maximum atomic E-state index is 5.69. The van der Waals surface area contributed by atoms with Crippen molar-refractivity contribution in [2.24, 2.45) is 5.73 Å². The largest absolute Gasteiger partial charge is 0.463 e. The smallest absolute Gasteiger partial charge is 0.118 e. The number of hydrogen-bond acceptors (Lipinski definition) is 4. The number of piperidine rings is 1. The Balaban J connectivity index is 1.57. The third-order valence-electron chi connectivity index (χ3n) is 4.22. The normalized spacial score (nSPS) is 26.2. The molecule has 1 aromatic rings. The standard InChI is InChI=1S/C14H23N3O/c15-9-13-4-5-14(18-13)11-16-7-8-17-6-2-1-3-12(17)10-16/h4-5,12H,1-3,6-11,15H2. The molecule has 2 aliphatic rings. The first-order chi connectivity index (χ1) is 8.85. The van der Waals surface area contributed by atoms with Crippen molar-refractivity contribution in [3.63, 3.8) is 0 Å². The van der Waals surface area contributed by atoms with Gasteiger partial charge in [-0.2, -0.15) is 0 Å². The van der Waals surface area contributed by atoms with Gasteiger partial charge >= 0.3 is 0 Å². The highest BCUT2D eigenvalue weighted by atomic mass is 16.3. The molecule has 18 heavy (non-hydrogen) atoms. The lowest BCUT2D eigenvalue weighted by molar-refractivity contribution is 0.0425. The molecule has 4 heteroatoms. The first kappa shape index (κ1) is 12.2. The first-order valence-corrected chi connectivity index (χ1v) is 7.09. The second kappa shape index (κ2) is 5.43. The van der Waals surface area contributed by atoms with Crippen molar-refractivity contribution >= 4 is 0 Å². The molecule has 3 heterocycles. The zero-order chi connectivity index (χ0) is 12.4. The zero-order valence-corrected chi connectivity index (χ0v) is 11.0. The molecule has 3 rings (SSSR count). The molecule has 1 aromatic heterocycles. The van der Waals surface area contributed by atoms with E-state index in [1.165, 1.54) is 38.9 Å². The zero-order valence-electron chi connectivity index (χ0n) is 11.0. The fraction of sp³-hybridized carbons (Fsp3) is 0.714. The van der Waals surface area contributed by atoms with Gasteiger partial charge in [0.1, 0.15) is 11.5 Å². The summed E-state index contributed by atoms with van der Waals surface area (Å²) in [5.41, 5.74) is 5.57. The van der Waals surface area contributed by atoms with Crippen LogP contribution >= 0.6 is 0 Å². The second-order valence-corrected chi connectivity index (χ2v) is 5.49. The fourth-order valence-electron chi connectivity index (χ4n) is 3.20. The van der Waals surface area contributed by atoms with Gasteiger partial charge in [-0.1, -0.05) is 6.42 Å². The number of furan rings is 1. The average molecular weight is 249 g/mol. The fourth-order valence-corrected chi connectivity index (χ4v) is 3.20. The molecule has 2 aliphatic heterocycles. The molecule has 100 valence electrons. The quantitative estimate of drug-likeness (QED) is 0.880. The van der Waals surface area contributed by atoms with Crippen molar-refractivity contribution in [1.29, 1.82) is 0 Å². The monoisotopic (exact) mass is 249 g/mol. The van der Waals surface area contributed by atoms with E-state index >= 15 is 0 Å². The van der Waals surface area contributed by atoms with Crippen LogP contribution in [-0.4, -0.2) is 42.0 Å². The molecule has 0 radical (unpaired) electrons. The molecule has 0 saturated carbocycles. The molecule has 2 N–H and O–H groups in total. The number of nitrogens with zero attached hydrogens (tertiary/aromatic N) is 2. The van der Waals surface area contributed by atoms with Crippen molar-refractivity contribution in [2.75, 3.05) is 26.2 Å². The summed E-state index contributed by atoms with van der Waals surface area (Å²) in [6, 6.07) is 4.83. The summed E-state index contributed by atoms with van der Waals surface area (Å²) >= 11 is 0. The van der Waals surface area contributed by atoms with Crippen LogP contribution < -0.4 is 5.73 Å². The predicted molar refractivity (Wildman–Crippen MR) is 71.1 cm³/mol. The minimum absolute atomic E-state index is 0.496. The number of nitrogens with two attached hydrogens (primary N) is 1. The summed E-state index contributed by atoms with van der Waals surface area (Å²) in [5, 5.41) is 0. The maximum absolute atomic E-state index is 5.69. The highest BCUT2D eigenvalue weighted by Gasteiger charge is 2.28. The minimum atomic E-state index is 0.496. The van der Waals surface area contributed by atoms with E-state index in [-0.39, 0.29) is 0 Å². The van der Waals surface area contributed by atoms with Crippen LogP contribution in [0.15, 0.2) is 16.5 Å². The molecular formula is C14H23N3O. The van der Waals surface area contributed by atoms with Crippen LogP contribution in [0, 0.1) is 0 Å². The number of rotatable bonds is 3. The minimum Gasteiger partial charge on any atom is -0.463 e. The van der Waals surface area contributed by atoms with Crippen LogP contribution in [0.1, 0.15) is 30.8 Å². The highest BCUT2D eigenvalue weighted by molar-refractivity contribution is 5.07. The van der Waals surface area contributed by atoms with Crippen LogP contribution in [0.4, 0.5) is 0 Å². The summed E-state index contributed by atoms with van der Waals surface area (Å²) < 4.78 is 5.69. The van der Waals surface area contributed by atoms with E-state index in [1.54, 1.807) is 0 Å².